The van der Waals surface area contributed by atoms with E-state index in [9.17, 15) is 27.9 Å². The summed E-state index contributed by atoms with van der Waals surface area (Å²) >= 11 is 0. The van der Waals surface area contributed by atoms with Crippen molar-refractivity contribution in [3.05, 3.63) is 39.8 Å². The first kappa shape index (κ1) is 21.6. The van der Waals surface area contributed by atoms with E-state index in [4.69, 9.17) is 0 Å². The van der Waals surface area contributed by atoms with Crippen molar-refractivity contribution in [1.29, 1.82) is 0 Å². The zero-order chi connectivity index (χ0) is 21.3. The smallest absolute Gasteiger partial charge is 0.396 e. The molecule has 6 nitrogen and oxygen atoms in total. The Balaban J connectivity index is 1.97. The molecule has 4 atom stereocenters. The van der Waals surface area contributed by atoms with Crippen LogP contribution in [-0.4, -0.2) is 52.4 Å². The SMILES string of the molecule is C/C=C/c1ccc2n(c1=O)C[C@H]1[C@H](CO)[C@@H](C(=O)NCC(F)(F)F)N(CCC)[C@@H]21. The zero-order valence-corrected chi connectivity index (χ0v) is 16.4. The summed E-state index contributed by atoms with van der Waals surface area (Å²) in [6.07, 6.45) is -0.312. The zero-order valence-electron chi connectivity index (χ0n) is 16.4. The minimum absolute atomic E-state index is 0.138. The minimum Gasteiger partial charge on any atom is -0.396 e. The minimum atomic E-state index is -4.50. The Morgan fingerprint density at radius 2 is 2.10 bits per heavy atom. The van der Waals surface area contributed by atoms with Crippen LogP contribution in [0, 0.1) is 11.8 Å². The van der Waals surface area contributed by atoms with Gasteiger partial charge in [0.2, 0.25) is 5.91 Å². The maximum atomic E-state index is 12.8. The molecule has 2 aliphatic heterocycles. The Morgan fingerprint density at radius 3 is 2.69 bits per heavy atom. The average Bonchev–Trinajstić information content (AvgIpc) is 3.17. The monoisotopic (exact) mass is 413 g/mol. The van der Waals surface area contributed by atoms with Crippen LogP contribution in [0.1, 0.15) is 37.6 Å². The first-order valence-corrected chi connectivity index (χ1v) is 9.81. The van der Waals surface area contributed by atoms with Gasteiger partial charge >= 0.3 is 6.18 Å². The maximum absolute atomic E-state index is 12.8. The fourth-order valence-electron chi connectivity index (χ4n) is 4.74. The summed E-state index contributed by atoms with van der Waals surface area (Å²) < 4.78 is 39.4. The van der Waals surface area contributed by atoms with Crippen molar-refractivity contribution in [3.8, 4) is 0 Å². The summed E-state index contributed by atoms with van der Waals surface area (Å²) in [6, 6.07) is 2.41. The number of rotatable bonds is 6. The Kier molecular flexibility index (Phi) is 6.19. The maximum Gasteiger partial charge on any atom is 0.405 e. The number of amides is 1. The number of hydrogen-bond acceptors (Lipinski definition) is 4. The van der Waals surface area contributed by atoms with E-state index < -0.39 is 30.6 Å². The van der Waals surface area contributed by atoms with Crippen molar-refractivity contribution in [2.24, 2.45) is 11.8 Å². The van der Waals surface area contributed by atoms with Crippen LogP contribution in [0.15, 0.2) is 23.0 Å². The van der Waals surface area contributed by atoms with Crippen LogP contribution in [0.2, 0.25) is 0 Å². The fourth-order valence-corrected chi connectivity index (χ4v) is 4.74. The topological polar surface area (TPSA) is 74.6 Å². The van der Waals surface area contributed by atoms with E-state index in [0.29, 0.717) is 25.1 Å². The van der Waals surface area contributed by atoms with Gasteiger partial charge in [-0.15, -0.1) is 0 Å². The number of allylic oxidation sites excluding steroid dienone is 1. The van der Waals surface area contributed by atoms with Gasteiger partial charge in [-0.05, 0) is 32.0 Å². The molecule has 3 heterocycles. The molecular weight excluding hydrogens is 387 g/mol. The first-order chi connectivity index (χ1) is 13.7. The second-order valence-corrected chi connectivity index (χ2v) is 7.60. The highest BCUT2D eigenvalue weighted by Gasteiger charge is 2.55. The number of halogens is 3. The van der Waals surface area contributed by atoms with Crippen LogP contribution in [0.25, 0.3) is 6.08 Å². The number of likely N-dealkylation sites (tertiary alicyclic amines) is 1. The van der Waals surface area contributed by atoms with E-state index >= 15 is 0 Å². The van der Waals surface area contributed by atoms with Crippen LogP contribution in [0.5, 0.6) is 0 Å². The quantitative estimate of drug-likeness (QED) is 0.748. The molecular formula is C20H26F3N3O3. The van der Waals surface area contributed by atoms with Gasteiger partial charge in [-0.2, -0.15) is 13.2 Å². The molecule has 29 heavy (non-hydrogen) atoms. The van der Waals surface area contributed by atoms with E-state index in [1.165, 1.54) is 0 Å². The fraction of sp³-hybridized carbons (Fsp3) is 0.600. The predicted molar refractivity (Wildman–Crippen MR) is 102 cm³/mol. The van der Waals surface area contributed by atoms with Gasteiger partial charge in [-0.25, -0.2) is 0 Å². The summed E-state index contributed by atoms with van der Waals surface area (Å²) in [7, 11) is 0. The molecule has 0 aliphatic carbocycles. The van der Waals surface area contributed by atoms with Crippen LogP contribution >= 0.6 is 0 Å². The second-order valence-electron chi connectivity index (χ2n) is 7.60. The summed E-state index contributed by atoms with van der Waals surface area (Å²) in [5.74, 6) is -1.50. The molecule has 1 fully saturated rings. The molecule has 2 N–H and O–H groups in total. The number of nitrogens with one attached hydrogen (secondary N) is 1. The van der Waals surface area contributed by atoms with Crippen LogP contribution < -0.4 is 10.9 Å². The van der Waals surface area contributed by atoms with Gasteiger partial charge in [0.05, 0.1) is 12.1 Å². The van der Waals surface area contributed by atoms with Gasteiger partial charge in [0.25, 0.3) is 5.56 Å². The number of alkyl halides is 3. The van der Waals surface area contributed by atoms with Crippen LogP contribution in [0.3, 0.4) is 0 Å². The Bertz CT molecular complexity index is 850. The second kappa shape index (κ2) is 8.31. The van der Waals surface area contributed by atoms with E-state index in [1.54, 1.807) is 22.8 Å². The number of aliphatic hydroxyl groups is 1. The Hall–Kier alpha value is -2.13. The molecule has 160 valence electrons. The molecule has 1 aromatic heterocycles. The lowest BCUT2D eigenvalue weighted by atomic mass is 9.88. The Morgan fingerprint density at radius 1 is 1.38 bits per heavy atom. The standard InChI is InChI=1S/C20H26F3N3O3/c1-3-5-12-6-7-15-16-13(9-26(15)19(12)29)14(10-27)17(25(16)8-4-2)18(28)24-11-20(21,22)23/h3,5-7,13-14,16-17,27H,4,8-11H2,1-2H3,(H,24,28)/b5-3+/t13-,14-,16+,17-/m0/s1. The van der Waals surface area contributed by atoms with E-state index in [0.717, 1.165) is 5.69 Å². The van der Waals surface area contributed by atoms with E-state index in [1.807, 2.05) is 30.1 Å². The highest BCUT2D eigenvalue weighted by atomic mass is 19.4. The molecule has 0 unspecified atom stereocenters. The van der Waals surface area contributed by atoms with Crippen molar-refractivity contribution in [3.63, 3.8) is 0 Å². The summed E-state index contributed by atoms with van der Waals surface area (Å²) in [4.78, 5) is 27.3. The third kappa shape index (κ3) is 3.98. The van der Waals surface area contributed by atoms with Crippen molar-refractivity contribution >= 4 is 12.0 Å². The van der Waals surface area contributed by atoms with Crippen molar-refractivity contribution in [2.45, 2.75) is 45.1 Å². The lowest BCUT2D eigenvalue weighted by Gasteiger charge is -2.30. The van der Waals surface area contributed by atoms with Gasteiger partial charge in [0, 0.05) is 36.2 Å². The van der Waals surface area contributed by atoms with Gasteiger partial charge in [-0.3, -0.25) is 14.5 Å². The summed E-state index contributed by atoms with van der Waals surface area (Å²) in [5.41, 5.74) is 1.16. The van der Waals surface area contributed by atoms with Crippen molar-refractivity contribution < 1.29 is 23.1 Å². The molecule has 9 heteroatoms. The van der Waals surface area contributed by atoms with Crippen molar-refractivity contribution in [1.82, 2.24) is 14.8 Å². The van der Waals surface area contributed by atoms with Gasteiger partial charge in [-0.1, -0.05) is 19.1 Å². The Labute approximate surface area is 167 Å². The number of aromatic nitrogens is 1. The first-order valence-electron chi connectivity index (χ1n) is 9.81. The highest BCUT2D eigenvalue weighted by Crippen LogP contribution is 2.49. The third-order valence-electron chi connectivity index (χ3n) is 5.78. The molecule has 0 saturated carbocycles. The molecule has 1 saturated heterocycles. The summed E-state index contributed by atoms with van der Waals surface area (Å²) in [6.45, 7) is 2.81. The lowest BCUT2D eigenvalue weighted by molar-refractivity contribution is -0.142. The number of carbonyl (C=O) groups excluding carboxylic acids is 1. The number of nitrogens with zero attached hydrogens (tertiary/aromatic N) is 2. The average molecular weight is 413 g/mol. The molecule has 0 bridgehead atoms. The molecule has 3 rings (SSSR count). The van der Waals surface area contributed by atoms with Crippen LogP contribution in [0.4, 0.5) is 13.2 Å². The van der Waals surface area contributed by atoms with Crippen LogP contribution in [-0.2, 0) is 11.3 Å². The number of pyridine rings is 1. The van der Waals surface area contributed by atoms with Gasteiger partial charge in [0.1, 0.15) is 6.54 Å². The van der Waals surface area contributed by atoms with E-state index in [-0.39, 0.29) is 24.1 Å². The molecule has 0 aromatic carbocycles. The normalized spacial score (nSPS) is 26.7. The van der Waals surface area contributed by atoms with Gasteiger partial charge < -0.3 is 15.0 Å². The van der Waals surface area contributed by atoms with Gasteiger partial charge in [0.15, 0.2) is 0 Å². The third-order valence-corrected chi connectivity index (χ3v) is 5.78. The van der Waals surface area contributed by atoms with E-state index in [2.05, 4.69) is 0 Å². The molecule has 0 radical (unpaired) electrons. The summed E-state index contributed by atoms with van der Waals surface area (Å²) in [5, 5.41) is 12.0. The highest BCUT2D eigenvalue weighted by molar-refractivity contribution is 5.82. The number of aliphatic hydroxyl groups excluding tert-OH is 1. The molecule has 0 spiro atoms. The predicted octanol–water partition coefficient (Wildman–Crippen LogP) is 1.93. The number of hydrogen-bond donors (Lipinski definition) is 2. The number of carbonyl (C=O) groups is 1. The van der Waals surface area contributed by atoms with Crippen molar-refractivity contribution in [2.75, 3.05) is 19.7 Å². The molecule has 2 aliphatic rings. The number of fused-ring (bicyclic) bond motifs is 3. The molecule has 1 amide bonds. The lowest BCUT2D eigenvalue weighted by Crippen LogP contribution is -2.50. The molecule has 1 aromatic rings. The largest absolute Gasteiger partial charge is 0.405 e.